The van der Waals surface area contributed by atoms with E-state index in [4.69, 9.17) is 5.73 Å². The lowest BCUT2D eigenvalue weighted by atomic mass is 9.98. The number of rotatable bonds is 7. The van der Waals surface area contributed by atoms with E-state index in [-0.39, 0.29) is 0 Å². The first-order valence-corrected chi connectivity index (χ1v) is 7.45. The summed E-state index contributed by atoms with van der Waals surface area (Å²) in [6.45, 7) is 14.2. The second-order valence-electron chi connectivity index (χ2n) is 6.35. The highest BCUT2D eigenvalue weighted by Crippen LogP contribution is 2.24. The average molecular weight is 262 g/mol. The lowest BCUT2D eigenvalue weighted by Crippen LogP contribution is -2.39. The number of benzene rings is 1. The summed E-state index contributed by atoms with van der Waals surface area (Å²) in [5.74, 6) is 1.33. The third-order valence-corrected chi connectivity index (χ3v) is 3.41. The van der Waals surface area contributed by atoms with Crippen LogP contribution in [0.15, 0.2) is 24.3 Å². The monoisotopic (exact) mass is 262 g/mol. The molecule has 1 unspecified atom stereocenters. The lowest BCUT2D eigenvalue weighted by Gasteiger charge is -2.34. The molecular formula is C17H30N2. The van der Waals surface area contributed by atoms with Crippen molar-refractivity contribution in [3.05, 3.63) is 35.4 Å². The second kappa shape index (κ2) is 7.66. The van der Waals surface area contributed by atoms with Crippen LogP contribution in [-0.2, 0) is 0 Å². The first kappa shape index (κ1) is 16.2. The van der Waals surface area contributed by atoms with Crippen molar-refractivity contribution in [3.63, 3.8) is 0 Å². The molecule has 0 aliphatic heterocycles. The molecule has 1 rings (SSSR count). The number of aryl methyl sites for hydroxylation is 1. The van der Waals surface area contributed by atoms with E-state index < -0.39 is 0 Å². The minimum absolute atomic E-state index is 0.339. The molecule has 2 heteroatoms. The Labute approximate surface area is 119 Å². The van der Waals surface area contributed by atoms with Gasteiger partial charge in [-0.1, -0.05) is 52.0 Å². The molecule has 0 saturated carbocycles. The van der Waals surface area contributed by atoms with Gasteiger partial charge < -0.3 is 5.73 Å². The van der Waals surface area contributed by atoms with Crippen LogP contribution in [0.4, 0.5) is 0 Å². The van der Waals surface area contributed by atoms with Crippen LogP contribution in [0, 0.1) is 18.8 Å². The number of hydrogen-bond donors (Lipinski definition) is 1. The van der Waals surface area contributed by atoms with Crippen molar-refractivity contribution >= 4 is 0 Å². The summed E-state index contributed by atoms with van der Waals surface area (Å²) in [6, 6.07) is 8.96. The first-order chi connectivity index (χ1) is 8.95. The fourth-order valence-electron chi connectivity index (χ4n) is 2.70. The summed E-state index contributed by atoms with van der Waals surface area (Å²) in [5.41, 5.74) is 8.81. The number of nitrogens with two attached hydrogens (primary N) is 1. The molecule has 108 valence electrons. The molecule has 1 aromatic rings. The largest absolute Gasteiger partial charge is 0.329 e. The van der Waals surface area contributed by atoms with Gasteiger partial charge in [-0.25, -0.2) is 0 Å². The molecule has 1 atom stereocenters. The maximum atomic E-state index is 6.08. The van der Waals surface area contributed by atoms with Crippen LogP contribution in [0.25, 0.3) is 0 Å². The quantitative estimate of drug-likeness (QED) is 0.813. The van der Waals surface area contributed by atoms with Crippen molar-refractivity contribution < 1.29 is 0 Å². The van der Waals surface area contributed by atoms with Gasteiger partial charge in [-0.2, -0.15) is 0 Å². The highest BCUT2D eigenvalue weighted by molar-refractivity contribution is 5.29. The average Bonchev–Trinajstić information content (AvgIpc) is 2.30. The van der Waals surface area contributed by atoms with Crippen molar-refractivity contribution in [2.45, 2.75) is 40.7 Å². The van der Waals surface area contributed by atoms with E-state index in [2.05, 4.69) is 63.8 Å². The van der Waals surface area contributed by atoms with E-state index in [1.54, 1.807) is 0 Å². The van der Waals surface area contributed by atoms with Crippen LogP contribution in [0.2, 0.25) is 0 Å². The van der Waals surface area contributed by atoms with Gasteiger partial charge in [0.2, 0.25) is 0 Å². The first-order valence-electron chi connectivity index (χ1n) is 7.45. The minimum Gasteiger partial charge on any atom is -0.329 e. The third kappa shape index (κ3) is 4.96. The Morgan fingerprint density at radius 1 is 1.00 bits per heavy atom. The molecule has 0 spiro atoms. The van der Waals surface area contributed by atoms with E-state index in [1.165, 1.54) is 11.1 Å². The topological polar surface area (TPSA) is 29.3 Å². The Bertz CT molecular complexity index is 361. The van der Waals surface area contributed by atoms with Crippen molar-refractivity contribution in [1.82, 2.24) is 4.90 Å². The van der Waals surface area contributed by atoms with Gasteiger partial charge >= 0.3 is 0 Å². The predicted octanol–water partition coefficient (Wildman–Crippen LogP) is 3.61. The Morgan fingerprint density at radius 2 is 1.53 bits per heavy atom. The Kier molecular flexibility index (Phi) is 6.53. The summed E-state index contributed by atoms with van der Waals surface area (Å²) >= 11 is 0. The molecule has 2 nitrogen and oxygen atoms in total. The summed E-state index contributed by atoms with van der Waals surface area (Å²) in [4.78, 5) is 2.55. The van der Waals surface area contributed by atoms with Gasteiger partial charge in [0.05, 0.1) is 0 Å². The molecule has 0 amide bonds. The number of nitrogens with zero attached hydrogens (tertiary/aromatic N) is 1. The Hall–Kier alpha value is -0.860. The van der Waals surface area contributed by atoms with Crippen molar-refractivity contribution in [2.75, 3.05) is 19.6 Å². The van der Waals surface area contributed by atoms with Gasteiger partial charge in [-0.3, -0.25) is 4.90 Å². The molecular weight excluding hydrogens is 232 g/mol. The van der Waals surface area contributed by atoms with Crippen LogP contribution in [0.3, 0.4) is 0 Å². The summed E-state index contributed by atoms with van der Waals surface area (Å²) in [6.07, 6.45) is 0. The zero-order valence-corrected chi connectivity index (χ0v) is 13.2. The van der Waals surface area contributed by atoms with Gasteiger partial charge in [0.1, 0.15) is 0 Å². The fraction of sp³-hybridized carbons (Fsp3) is 0.647. The van der Waals surface area contributed by atoms with Crippen molar-refractivity contribution in [2.24, 2.45) is 17.6 Å². The summed E-state index contributed by atoms with van der Waals surface area (Å²) < 4.78 is 0. The van der Waals surface area contributed by atoms with Gasteiger partial charge in [-0.05, 0) is 29.9 Å². The van der Waals surface area contributed by atoms with E-state index in [0.717, 1.165) is 13.1 Å². The molecule has 0 heterocycles. The zero-order chi connectivity index (χ0) is 14.4. The van der Waals surface area contributed by atoms with E-state index in [9.17, 15) is 0 Å². The molecule has 0 aliphatic rings. The maximum Gasteiger partial charge on any atom is 0.0473 e. The maximum absolute atomic E-state index is 6.08. The van der Waals surface area contributed by atoms with E-state index in [0.29, 0.717) is 24.4 Å². The predicted molar refractivity (Wildman–Crippen MR) is 84.2 cm³/mol. The van der Waals surface area contributed by atoms with Crippen LogP contribution in [-0.4, -0.2) is 24.5 Å². The minimum atomic E-state index is 0.339. The highest BCUT2D eigenvalue weighted by Gasteiger charge is 2.21. The fourth-order valence-corrected chi connectivity index (χ4v) is 2.70. The Morgan fingerprint density at radius 3 is 1.95 bits per heavy atom. The van der Waals surface area contributed by atoms with E-state index >= 15 is 0 Å². The van der Waals surface area contributed by atoms with Crippen molar-refractivity contribution in [3.8, 4) is 0 Å². The summed E-state index contributed by atoms with van der Waals surface area (Å²) in [5, 5.41) is 0. The lowest BCUT2D eigenvalue weighted by molar-refractivity contribution is 0.159. The molecule has 0 saturated heterocycles. The third-order valence-electron chi connectivity index (χ3n) is 3.41. The molecule has 0 radical (unpaired) electrons. The van der Waals surface area contributed by atoms with Gasteiger partial charge in [-0.15, -0.1) is 0 Å². The molecule has 0 bridgehead atoms. The van der Waals surface area contributed by atoms with Crippen LogP contribution < -0.4 is 5.73 Å². The zero-order valence-electron chi connectivity index (χ0n) is 13.2. The Balaban J connectivity index is 2.98. The molecule has 0 aliphatic carbocycles. The van der Waals surface area contributed by atoms with Crippen LogP contribution >= 0.6 is 0 Å². The molecule has 0 fully saturated rings. The molecule has 1 aromatic carbocycles. The summed E-state index contributed by atoms with van der Waals surface area (Å²) in [7, 11) is 0. The molecule has 2 N–H and O–H groups in total. The van der Waals surface area contributed by atoms with Gasteiger partial charge in [0.25, 0.3) is 0 Å². The number of hydrogen-bond acceptors (Lipinski definition) is 2. The normalized spacial score (nSPS) is 13.5. The van der Waals surface area contributed by atoms with Gasteiger partial charge in [0.15, 0.2) is 0 Å². The molecule has 19 heavy (non-hydrogen) atoms. The standard InChI is InChI=1S/C17H30N2/c1-13(2)11-19(12-14(3)4)17(10-18)16-9-7-6-8-15(16)5/h6-9,13-14,17H,10-12,18H2,1-5H3. The van der Waals surface area contributed by atoms with Crippen LogP contribution in [0.5, 0.6) is 0 Å². The highest BCUT2D eigenvalue weighted by atomic mass is 15.2. The van der Waals surface area contributed by atoms with Gasteiger partial charge in [0, 0.05) is 25.7 Å². The molecule has 0 aromatic heterocycles. The smallest absolute Gasteiger partial charge is 0.0473 e. The van der Waals surface area contributed by atoms with Crippen LogP contribution in [0.1, 0.15) is 44.9 Å². The van der Waals surface area contributed by atoms with E-state index in [1.807, 2.05) is 0 Å². The second-order valence-corrected chi connectivity index (χ2v) is 6.35. The van der Waals surface area contributed by atoms with Crippen molar-refractivity contribution in [1.29, 1.82) is 0 Å². The SMILES string of the molecule is Cc1ccccc1C(CN)N(CC(C)C)CC(C)C.